The largest absolute Gasteiger partial charge is 0.477 e. The third kappa shape index (κ3) is 5.32. The van der Waals surface area contributed by atoms with Crippen molar-refractivity contribution in [3.05, 3.63) is 29.6 Å². The van der Waals surface area contributed by atoms with Crippen LogP contribution in [-0.2, 0) is 21.1 Å². The van der Waals surface area contributed by atoms with E-state index < -0.39 is 38.2 Å². The van der Waals surface area contributed by atoms with Crippen molar-refractivity contribution in [2.45, 2.75) is 56.6 Å². The first-order valence-corrected chi connectivity index (χ1v) is 13.9. The summed E-state index contributed by atoms with van der Waals surface area (Å²) in [6.07, 6.45) is 2.59. The van der Waals surface area contributed by atoms with Gasteiger partial charge in [0.05, 0.1) is 0 Å². The Balaban J connectivity index is 1.35. The van der Waals surface area contributed by atoms with Gasteiger partial charge in [0.25, 0.3) is 5.91 Å². The molecule has 2 fully saturated rings. The third-order valence-electron chi connectivity index (χ3n) is 6.07. The van der Waals surface area contributed by atoms with Gasteiger partial charge in [-0.15, -0.1) is 0 Å². The van der Waals surface area contributed by atoms with Crippen molar-refractivity contribution in [3.63, 3.8) is 0 Å². The summed E-state index contributed by atoms with van der Waals surface area (Å²) in [4.78, 5) is 20.8. The van der Waals surface area contributed by atoms with Crippen LogP contribution in [0, 0.1) is 17.6 Å². The number of sulfone groups is 1. The molecule has 186 valence electrons. The Morgan fingerprint density at radius 3 is 2.50 bits per heavy atom. The number of carbonyl (C=O) groups excluding carboxylic acids is 1. The normalized spacial score (nSPS) is 19.9. The number of amides is 1. The molecule has 1 atom stereocenters. The number of hydrogen-bond acceptors (Lipinski definition) is 8. The second-order valence-electron chi connectivity index (χ2n) is 9.22. The smallest absolute Gasteiger partial charge is 0.263 e. The maximum absolute atomic E-state index is 14.4. The predicted molar refractivity (Wildman–Crippen MR) is 124 cm³/mol. The first kappa shape index (κ1) is 24.8. The van der Waals surface area contributed by atoms with Crippen molar-refractivity contribution < 1.29 is 26.7 Å². The van der Waals surface area contributed by atoms with Gasteiger partial charge in [-0.25, -0.2) is 22.2 Å². The fourth-order valence-electron chi connectivity index (χ4n) is 4.37. The summed E-state index contributed by atoms with van der Waals surface area (Å²) in [5, 5.41) is 0.901. The van der Waals surface area contributed by atoms with Crippen molar-refractivity contribution in [1.29, 1.82) is 0 Å². The van der Waals surface area contributed by atoms with Crippen LogP contribution in [0.3, 0.4) is 0 Å². The maximum Gasteiger partial charge on any atom is 0.263 e. The third-order valence-corrected chi connectivity index (χ3v) is 8.00. The molecule has 0 radical (unpaired) electrons. The van der Waals surface area contributed by atoms with Crippen LogP contribution in [0.5, 0.6) is 5.75 Å². The van der Waals surface area contributed by atoms with Crippen LogP contribution in [0.15, 0.2) is 17.0 Å². The molecule has 8 nitrogen and oxygen atoms in total. The molecule has 0 spiro atoms. The van der Waals surface area contributed by atoms with E-state index in [-0.39, 0.29) is 11.9 Å². The number of benzene rings is 1. The highest BCUT2D eigenvalue weighted by molar-refractivity contribution is 7.90. The van der Waals surface area contributed by atoms with E-state index in [0.29, 0.717) is 31.0 Å². The van der Waals surface area contributed by atoms with Crippen LogP contribution in [-0.4, -0.2) is 66.6 Å². The molecule has 1 aromatic heterocycles. The number of likely N-dealkylation sites (tertiary alicyclic amines) is 1. The first-order chi connectivity index (χ1) is 16.0. The van der Waals surface area contributed by atoms with Crippen LogP contribution in [0.25, 0.3) is 0 Å². The van der Waals surface area contributed by atoms with Gasteiger partial charge in [-0.2, -0.15) is 4.37 Å². The topological polar surface area (TPSA) is 92.7 Å². The zero-order chi connectivity index (χ0) is 24.6. The zero-order valence-corrected chi connectivity index (χ0v) is 21.0. The lowest BCUT2D eigenvalue weighted by molar-refractivity contribution is -0.135. The van der Waals surface area contributed by atoms with Crippen molar-refractivity contribution in [3.8, 4) is 5.75 Å². The molecule has 1 unspecified atom stereocenters. The van der Waals surface area contributed by atoms with E-state index in [9.17, 15) is 22.0 Å². The molecule has 2 saturated heterocycles. The molecule has 2 aliphatic rings. The van der Waals surface area contributed by atoms with Crippen molar-refractivity contribution >= 4 is 32.4 Å². The molecule has 3 heterocycles. The van der Waals surface area contributed by atoms with Gasteiger partial charge in [0.15, 0.2) is 27.5 Å². The summed E-state index contributed by atoms with van der Waals surface area (Å²) in [5.74, 6) is -1.50. The maximum atomic E-state index is 14.4. The lowest BCUT2D eigenvalue weighted by Crippen LogP contribution is -2.47. The second-order valence-corrected chi connectivity index (χ2v) is 11.9. The molecule has 0 bridgehead atoms. The van der Waals surface area contributed by atoms with Crippen molar-refractivity contribution in [2.75, 3.05) is 30.8 Å². The van der Waals surface area contributed by atoms with Gasteiger partial charge in [0.1, 0.15) is 16.5 Å². The molecule has 2 aromatic rings. The number of rotatable bonds is 7. The summed E-state index contributed by atoms with van der Waals surface area (Å²) in [6.45, 7) is 6.24. The van der Waals surface area contributed by atoms with Crippen LogP contribution >= 0.6 is 11.5 Å². The molecule has 2 aliphatic heterocycles. The molecule has 0 saturated carbocycles. The van der Waals surface area contributed by atoms with Gasteiger partial charge < -0.3 is 14.5 Å². The predicted octanol–water partition coefficient (Wildman–Crippen LogP) is 3.07. The van der Waals surface area contributed by atoms with Gasteiger partial charge in [-0.1, -0.05) is 13.8 Å². The molecular formula is C22H28F2N4O4S2. The SMILES string of the molecule is CC(C)Cc1nsc(N2CCC(N3CCC(Oc4cc(F)c(S(C)(=O)=O)cc4F)C3=O)CC2)n1. The van der Waals surface area contributed by atoms with E-state index in [1.807, 2.05) is 0 Å². The van der Waals surface area contributed by atoms with E-state index in [4.69, 9.17) is 4.74 Å². The number of carbonyl (C=O) groups is 1. The van der Waals surface area contributed by atoms with Crippen LogP contribution < -0.4 is 9.64 Å². The second kappa shape index (κ2) is 9.73. The standard InChI is InChI=1S/C22H28F2N4O4S2/c1-13(2)10-20-25-22(33-26-20)27-7-4-14(5-8-27)28-9-6-17(21(28)29)32-18-11-16(24)19(12-15(18)23)34(3,30)31/h11-14,17H,4-10H2,1-3H3. The first-order valence-electron chi connectivity index (χ1n) is 11.3. The number of aromatic nitrogens is 2. The Morgan fingerprint density at radius 2 is 1.85 bits per heavy atom. The number of halogens is 2. The van der Waals surface area contributed by atoms with Crippen LogP contribution in [0.1, 0.15) is 38.9 Å². The highest BCUT2D eigenvalue weighted by Gasteiger charge is 2.39. The number of nitrogens with zero attached hydrogens (tertiary/aromatic N) is 4. The number of ether oxygens (including phenoxy) is 1. The quantitative estimate of drug-likeness (QED) is 0.561. The van der Waals surface area contributed by atoms with Crippen LogP contribution in [0.2, 0.25) is 0 Å². The number of piperidine rings is 1. The fraction of sp³-hybridized carbons (Fsp3) is 0.591. The lowest BCUT2D eigenvalue weighted by atomic mass is 10.0. The Hall–Kier alpha value is -2.34. The van der Waals surface area contributed by atoms with E-state index in [2.05, 4.69) is 28.1 Å². The van der Waals surface area contributed by atoms with Crippen molar-refractivity contribution in [2.24, 2.45) is 5.92 Å². The average molecular weight is 515 g/mol. The molecular weight excluding hydrogens is 486 g/mol. The van der Waals surface area contributed by atoms with Gasteiger partial charge in [0, 0.05) is 62.4 Å². The molecule has 4 rings (SSSR count). The number of hydrogen-bond donors (Lipinski definition) is 0. The van der Waals surface area contributed by atoms with Gasteiger partial charge in [-0.05, 0) is 24.8 Å². The minimum atomic E-state index is -3.92. The Bertz CT molecular complexity index is 1160. The van der Waals surface area contributed by atoms with E-state index in [0.717, 1.165) is 49.6 Å². The summed E-state index contributed by atoms with van der Waals surface area (Å²) in [5.41, 5.74) is 0. The van der Waals surface area contributed by atoms with Gasteiger partial charge in [0.2, 0.25) is 5.13 Å². The summed E-state index contributed by atoms with van der Waals surface area (Å²) in [7, 11) is -3.92. The lowest BCUT2D eigenvalue weighted by Gasteiger charge is -2.36. The highest BCUT2D eigenvalue weighted by atomic mass is 32.2. The molecule has 0 aliphatic carbocycles. The minimum absolute atomic E-state index is 0.0367. The fourth-order valence-corrected chi connectivity index (χ4v) is 5.85. The summed E-state index contributed by atoms with van der Waals surface area (Å²) >= 11 is 1.40. The highest BCUT2D eigenvalue weighted by Crippen LogP contribution is 2.30. The van der Waals surface area contributed by atoms with Crippen molar-refractivity contribution in [1.82, 2.24) is 14.3 Å². The van der Waals surface area contributed by atoms with E-state index in [1.54, 1.807) is 4.90 Å². The summed E-state index contributed by atoms with van der Waals surface area (Å²) in [6, 6.07) is 1.32. The number of anilines is 1. The monoisotopic (exact) mass is 514 g/mol. The Labute approximate surface area is 202 Å². The van der Waals surface area contributed by atoms with E-state index >= 15 is 0 Å². The minimum Gasteiger partial charge on any atom is -0.477 e. The summed E-state index contributed by atoms with van der Waals surface area (Å²) < 4.78 is 61.6. The average Bonchev–Trinajstić information content (AvgIpc) is 3.36. The van der Waals surface area contributed by atoms with Gasteiger partial charge >= 0.3 is 0 Å². The molecule has 34 heavy (non-hydrogen) atoms. The van der Waals surface area contributed by atoms with Crippen LogP contribution in [0.4, 0.5) is 13.9 Å². The molecule has 1 amide bonds. The van der Waals surface area contributed by atoms with E-state index in [1.165, 1.54) is 11.5 Å². The molecule has 0 N–H and O–H groups in total. The Kier molecular flexibility index (Phi) is 7.09. The van der Waals surface area contributed by atoms with Gasteiger partial charge in [-0.3, -0.25) is 4.79 Å². The molecule has 12 heteroatoms. The Morgan fingerprint density at radius 1 is 1.15 bits per heavy atom. The zero-order valence-electron chi connectivity index (χ0n) is 19.3. The molecule has 1 aromatic carbocycles.